The molecule has 0 spiro atoms. The Morgan fingerprint density at radius 3 is 2.43 bits per heavy atom. The zero-order valence-corrected chi connectivity index (χ0v) is 15.0. The van der Waals surface area contributed by atoms with Crippen molar-refractivity contribution in [3.63, 3.8) is 0 Å². The maximum Gasteiger partial charge on any atom is 0.223 e. The molecule has 130 valence electrons. The molecule has 5 nitrogen and oxygen atoms in total. The first-order chi connectivity index (χ1) is 10.8. The summed E-state index contributed by atoms with van der Waals surface area (Å²) in [5.41, 5.74) is 2.55. The molecule has 1 saturated carbocycles. The summed E-state index contributed by atoms with van der Waals surface area (Å²) in [6.07, 6.45) is 6.76. The predicted molar refractivity (Wildman–Crippen MR) is 91.2 cm³/mol. The quantitative estimate of drug-likeness (QED) is 0.819. The molecule has 1 amide bonds. The van der Waals surface area contributed by atoms with Gasteiger partial charge in [-0.1, -0.05) is 32.6 Å². The van der Waals surface area contributed by atoms with Crippen molar-refractivity contribution in [3.05, 3.63) is 17.0 Å². The van der Waals surface area contributed by atoms with Crippen molar-refractivity contribution in [1.29, 1.82) is 0 Å². The van der Waals surface area contributed by atoms with Crippen LogP contribution in [0.3, 0.4) is 0 Å². The second-order valence-corrected chi connectivity index (χ2v) is 7.23. The highest BCUT2D eigenvalue weighted by molar-refractivity contribution is 5.78. The number of aromatic nitrogens is 2. The molecule has 1 aliphatic rings. The minimum atomic E-state index is -0.716. The van der Waals surface area contributed by atoms with E-state index in [9.17, 15) is 9.90 Å². The predicted octanol–water partition coefficient (Wildman–Crippen LogP) is 2.42. The van der Waals surface area contributed by atoms with Crippen LogP contribution < -0.4 is 5.32 Å². The highest BCUT2D eigenvalue weighted by Gasteiger charge is 2.29. The number of carbonyl (C=O) groups excluding carboxylic acids is 1. The molecule has 0 radical (unpaired) electrons. The molecular formula is C18H31N3O2. The van der Waals surface area contributed by atoms with Crippen LogP contribution in [0.25, 0.3) is 0 Å². The van der Waals surface area contributed by atoms with Gasteiger partial charge in [0.2, 0.25) is 5.91 Å². The molecule has 1 atom stereocenters. The summed E-state index contributed by atoms with van der Waals surface area (Å²) < 4.78 is 1.86. The molecule has 1 aliphatic carbocycles. The molecule has 5 heteroatoms. The van der Waals surface area contributed by atoms with E-state index in [0.717, 1.165) is 42.6 Å². The minimum Gasteiger partial charge on any atom is -0.388 e. The first-order valence-electron chi connectivity index (χ1n) is 8.81. The van der Waals surface area contributed by atoms with Gasteiger partial charge in [0.15, 0.2) is 0 Å². The molecule has 0 saturated heterocycles. The van der Waals surface area contributed by atoms with Gasteiger partial charge in [0.1, 0.15) is 0 Å². The van der Waals surface area contributed by atoms with Crippen molar-refractivity contribution in [1.82, 2.24) is 15.1 Å². The van der Waals surface area contributed by atoms with Crippen LogP contribution in [-0.2, 0) is 18.3 Å². The number of nitrogens with zero attached hydrogens (tertiary/aromatic N) is 2. The molecule has 0 aromatic carbocycles. The maximum absolute atomic E-state index is 12.4. The molecule has 0 bridgehead atoms. The molecule has 1 fully saturated rings. The van der Waals surface area contributed by atoms with Gasteiger partial charge < -0.3 is 10.4 Å². The van der Waals surface area contributed by atoms with Crippen LogP contribution in [0.5, 0.6) is 0 Å². The summed E-state index contributed by atoms with van der Waals surface area (Å²) in [6.45, 7) is 6.34. The van der Waals surface area contributed by atoms with Crippen LogP contribution in [0.2, 0.25) is 0 Å². The molecule has 2 N–H and O–H groups in total. The van der Waals surface area contributed by atoms with Crippen LogP contribution in [-0.4, -0.2) is 32.9 Å². The number of nitrogens with one attached hydrogen (secondary N) is 1. The van der Waals surface area contributed by atoms with Crippen LogP contribution >= 0.6 is 0 Å². The average Bonchev–Trinajstić information content (AvgIpc) is 2.69. The van der Waals surface area contributed by atoms with Gasteiger partial charge in [0.05, 0.1) is 11.3 Å². The molecule has 1 aromatic rings. The van der Waals surface area contributed by atoms with Gasteiger partial charge in [-0.05, 0) is 38.7 Å². The SMILES string of the molecule is Cc1nn(C)c(C)c1CC(C)C(=O)NCC1(O)CCCCCC1. The van der Waals surface area contributed by atoms with E-state index in [1.807, 2.05) is 32.5 Å². The molecule has 1 unspecified atom stereocenters. The largest absolute Gasteiger partial charge is 0.388 e. The van der Waals surface area contributed by atoms with Crippen LogP contribution in [0.15, 0.2) is 0 Å². The van der Waals surface area contributed by atoms with Crippen molar-refractivity contribution < 1.29 is 9.90 Å². The van der Waals surface area contributed by atoms with E-state index >= 15 is 0 Å². The Bertz CT molecular complexity index is 543. The average molecular weight is 321 g/mol. The number of aliphatic hydroxyl groups is 1. The zero-order chi connectivity index (χ0) is 17.0. The van der Waals surface area contributed by atoms with Crippen LogP contribution in [0.1, 0.15) is 62.4 Å². The van der Waals surface area contributed by atoms with Gasteiger partial charge in [0, 0.05) is 25.2 Å². The zero-order valence-electron chi connectivity index (χ0n) is 15.0. The summed E-state index contributed by atoms with van der Waals surface area (Å²) in [7, 11) is 1.93. The molecule has 1 heterocycles. The Balaban J connectivity index is 1.89. The van der Waals surface area contributed by atoms with Crippen molar-refractivity contribution in [2.75, 3.05) is 6.54 Å². The second-order valence-electron chi connectivity index (χ2n) is 7.23. The van der Waals surface area contributed by atoms with Gasteiger partial charge in [-0.3, -0.25) is 9.48 Å². The first kappa shape index (κ1) is 18.0. The van der Waals surface area contributed by atoms with E-state index in [0.29, 0.717) is 13.0 Å². The van der Waals surface area contributed by atoms with Crippen molar-refractivity contribution in [3.8, 4) is 0 Å². The van der Waals surface area contributed by atoms with E-state index in [4.69, 9.17) is 0 Å². The highest BCUT2D eigenvalue weighted by Crippen LogP contribution is 2.26. The van der Waals surface area contributed by atoms with Gasteiger partial charge >= 0.3 is 0 Å². The minimum absolute atomic E-state index is 0.0188. The highest BCUT2D eigenvalue weighted by atomic mass is 16.3. The Kier molecular flexibility index (Phi) is 5.84. The van der Waals surface area contributed by atoms with Gasteiger partial charge in [-0.15, -0.1) is 0 Å². The molecular weight excluding hydrogens is 290 g/mol. The van der Waals surface area contributed by atoms with Gasteiger partial charge in [-0.2, -0.15) is 5.10 Å². The lowest BCUT2D eigenvalue weighted by atomic mass is 9.93. The van der Waals surface area contributed by atoms with Crippen LogP contribution in [0, 0.1) is 19.8 Å². The molecule has 1 aromatic heterocycles. The summed E-state index contributed by atoms with van der Waals surface area (Å²) in [6, 6.07) is 0. The number of amides is 1. The maximum atomic E-state index is 12.4. The fourth-order valence-electron chi connectivity index (χ4n) is 3.50. The van der Waals surface area contributed by atoms with Crippen molar-refractivity contribution in [2.45, 2.75) is 71.3 Å². The topological polar surface area (TPSA) is 67.2 Å². The fraction of sp³-hybridized carbons (Fsp3) is 0.778. The Morgan fingerprint density at radius 1 is 1.30 bits per heavy atom. The Morgan fingerprint density at radius 2 is 1.91 bits per heavy atom. The summed E-state index contributed by atoms with van der Waals surface area (Å²) >= 11 is 0. The lowest BCUT2D eigenvalue weighted by Crippen LogP contribution is -2.44. The van der Waals surface area contributed by atoms with Crippen LogP contribution in [0.4, 0.5) is 0 Å². The van der Waals surface area contributed by atoms with Gasteiger partial charge in [0.25, 0.3) is 0 Å². The Hall–Kier alpha value is -1.36. The summed E-state index contributed by atoms with van der Waals surface area (Å²) in [5, 5.41) is 18.0. The second kappa shape index (κ2) is 7.47. The summed E-state index contributed by atoms with van der Waals surface area (Å²) in [5.74, 6) is -0.101. The smallest absolute Gasteiger partial charge is 0.223 e. The molecule has 0 aliphatic heterocycles. The fourth-order valence-corrected chi connectivity index (χ4v) is 3.50. The van der Waals surface area contributed by atoms with E-state index < -0.39 is 5.60 Å². The Labute approximate surface area is 139 Å². The normalized spacial score (nSPS) is 19.2. The third-order valence-electron chi connectivity index (χ3n) is 5.24. The molecule has 23 heavy (non-hydrogen) atoms. The summed E-state index contributed by atoms with van der Waals surface area (Å²) in [4.78, 5) is 12.4. The van der Waals surface area contributed by atoms with E-state index in [1.165, 1.54) is 12.8 Å². The number of aryl methyl sites for hydroxylation is 2. The lowest BCUT2D eigenvalue weighted by Gasteiger charge is -2.27. The molecule has 2 rings (SSSR count). The lowest BCUT2D eigenvalue weighted by molar-refractivity contribution is -0.125. The van der Waals surface area contributed by atoms with Gasteiger partial charge in [-0.25, -0.2) is 0 Å². The first-order valence-corrected chi connectivity index (χ1v) is 8.81. The number of rotatable bonds is 5. The van der Waals surface area contributed by atoms with E-state index in [1.54, 1.807) is 0 Å². The van der Waals surface area contributed by atoms with Crippen molar-refractivity contribution in [2.24, 2.45) is 13.0 Å². The van der Waals surface area contributed by atoms with E-state index in [-0.39, 0.29) is 11.8 Å². The monoisotopic (exact) mass is 321 g/mol. The third-order valence-corrected chi connectivity index (χ3v) is 5.24. The standard InChI is InChI=1S/C18H31N3O2/c1-13(11-16-14(2)20-21(4)15(16)3)17(22)19-12-18(23)9-7-5-6-8-10-18/h13,23H,5-12H2,1-4H3,(H,19,22). The van der Waals surface area contributed by atoms with E-state index in [2.05, 4.69) is 10.4 Å². The number of hydrogen-bond acceptors (Lipinski definition) is 3. The number of hydrogen-bond donors (Lipinski definition) is 2. The van der Waals surface area contributed by atoms with Crippen molar-refractivity contribution >= 4 is 5.91 Å². The third kappa shape index (κ3) is 4.56. The number of carbonyl (C=O) groups is 1.